The van der Waals surface area contributed by atoms with E-state index in [0.29, 0.717) is 10.7 Å². The molecule has 21 heavy (non-hydrogen) atoms. The predicted molar refractivity (Wildman–Crippen MR) is 70.7 cm³/mol. The lowest BCUT2D eigenvalue weighted by atomic mass is 10.4. The van der Waals surface area contributed by atoms with Crippen molar-refractivity contribution >= 4 is 27.9 Å². The van der Waals surface area contributed by atoms with Gasteiger partial charge < -0.3 is 0 Å². The van der Waals surface area contributed by atoms with Crippen LogP contribution in [-0.4, -0.2) is 19.2 Å². The molecule has 3 aromatic heterocycles. The van der Waals surface area contributed by atoms with Crippen LogP contribution in [0.15, 0.2) is 28.5 Å². The lowest BCUT2D eigenvalue weighted by molar-refractivity contribution is -0.141. The molecule has 0 N–H and O–H groups in total. The van der Waals surface area contributed by atoms with Crippen molar-refractivity contribution in [1.29, 1.82) is 0 Å². The summed E-state index contributed by atoms with van der Waals surface area (Å²) in [6.45, 7) is -0.113. The fourth-order valence-corrected chi connectivity index (χ4v) is 2.71. The van der Waals surface area contributed by atoms with Gasteiger partial charge in [0.2, 0.25) is 0 Å². The summed E-state index contributed by atoms with van der Waals surface area (Å²) in [5.74, 6) is 0. The van der Waals surface area contributed by atoms with E-state index in [1.807, 2.05) is 0 Å². The van der Waals surface area contributed by atoms with Crippen LogP contribution in [0, 0.1) is 0 Å². The van der Waals surface area contributed by atoms with Crippen LogP contribution in [0.5, 0.6) is 0 Å². The largest absolute Gasteiger partial charge is 0.435 e. The molecule has 0 aromatic carbocycles. The number of hydrogen-bond acceptors (Lipinski definition) is 4. The van der Waals surface area contributed by atoms with E-state index in [2.05, 4.69) is 10.1 Å². The number of alkyl halides is 3. The summed E-state index contributed by atoms with van der Waals surface area (Å²) in [6.07, 6.45) is -3.00. The summed E-state index contributed by atoms with van der Waals surface area (Å²) in [7, 11) is 0. The zero-order valence-corrected chi connectivity index (χ0v) is 11.7. The summed E-state index contributed by atoms with van der Waals surface area (Å²) in [4.78, 5) is 16.4. The molecule has 0 saturated heterocycles. The van der Waals surface area contributed by atoms with Crippen molar-refractivity contribution in [2.75, 3.05) is 0 Å². The van der Waals surface area contributed by atoms with E-state index in [-0.39, 0.29) is 17.3 Å². The third kappa shape index (κ3) is 2.66. The Morgan fingerprint density at radius 2 is 2.10 bits per heavy atom. The molecule has 0 radical (unpaired) electrons. The molecule has 3 aromatic rings. The van der Waals surface area contributed by atoms with Gasteiger partial charge in [0.1, 0.15) is 5.15 Å². The minimum atomic E-state index is -4.57. The monoisotopic (exact) mass is 334 g/mol. The fraction of sp³-hybridized carbons (Fsp3) is 0.182. The number of halogens is 4. The lowest BCUT2D eigenvalue weighted by Crippen LogP contribution is -2.15. The van der Waals surface area contributed by atoms with Gasteiger partial charge in [-0.25, -0.2) is 9.67 Å². The Bertz CT molecular complexity index is 866. The maximum atomic E-state index is 12.5. The van der Waals surface area contributed by atoms with Crippen molar-refractivity contribution in [3.8, 4) is 0 Å². The van der Waals surface area contributed by atoms with Gasteiger partial charge >= 0.3 is 6.18 Å². The molecular formula is C11H6ClF3N4OS. The first-order chi connectivity index (χ1) is 9.84. The summed E-state index contributed by atoms with van der Waals surface area (Å²) in [5, 5.41) is 4.91. The topological polar surface area (TPSA) is 52.2 Å². The Kier molecular flexibility index (Phi) is 3.25. The molecule has 0 unspecified atom stereocenters. The molecule has 3 heterocycles. The lowest BCUT2D eigenvalue weighted by Gasteiger charge is -2.03. The van der Waals surface area contributed by atoms with Crippen LogP contribution in [0.4, 0.5) is 13.2 Å². The third-order valence-electron chi connectivity index (χ3n) is 2.69. The Hall–Kier alpha value is -1.87. The molecule has 3 rings (SSSR count). The highest BCUT2D eigenvalue weighted by molar-refractivity contribution is 7.15. The van der Waals surface area contributed by atoms with E-state index in [4.69, 9.17) is 11.6 Å². The average Bonchev–Trinajstić information content (AvgIpc) is 2.96. The van der Waals surface area contributed by atoms with Crippen LogP contribution in [0.1, 0.15) is 11.4 Å². The second kappa shape index (κ2) is 4.85. The quantitative estimate of drug-likeness (QED) is 0.724. The second-order valence-electron chi connectivity index (χ2n) is 4.15. The molecule has 0 fully saturated rings. The van der Waals surface area contributed by atoms with Gasteiger partial charge in [0, 0.05) is 23.7 Å². The summed E-state index contributed by atoms with van der Waals surface area (Å²) in [5.41, 5.74) is -1.10. The van der Waals surface area contributed by atoms with Crippen LogP contribution in [0.3, 0.4) is 0 Å². The number of fused-ring (bicyclic) bond motifs is 1. The first-order valence-corrected chi connectivity index (χ1v) is 6.87. The van der Waals surface area contributed by atoms with E-state index in [1.165, 1.54) is 21.8 Å². The van der Waals surface area contributed by atoms with Crippen LogP contribution in [-0.2, 0) is 12.7 Å². The van der Waals surface area contributed by atoms with E-state index < -0.39 is 11.9 Å². The Morgan fingerprint density at radius 1 is 1.33 bits per heavy atom. The molecule has 0 aliphatic heterocycles. The van der Waals surface area contributed by atoms with Gasteiger partial charge in [-0.15, -0.1) is 11.3 Å². The first-order valence-electron chi connectivity index (χ1n) is 5.61. The van der Waals surface area contributed by atoms with Crippen molar-refractivity contribution in [3.63, 3.8) is 0 Å². The Labute approximate surface area is 124 Å². The SMILES string of the molecule is O=c1cc(Cn2nc(C(F)(F)F)cc2Cl)nc2sccn12. The van der Waals surface area contributed by atoms with Gasteiger partial charge in [-0.1, -0.05) is 11.6 Å². The van der Waals surface area contributed by atoms with Crippen molar-refractivity contribution in [2.45, 2.75) is 12.7 Å². The first kappa shape index (κ1) is 14.1. The fourth-order valence-electron chi connectivity index (χ4n) is 1.77. The van der Waals surface area contributed by atoms with Crippen molar-refractivity contribution < 1.29 is 13.2 Å². The van der Waals surface area contributed by atoms with Crippen LogP contribution in [0.25, 0.3) is 4.96 Å². The average molecular weight is 335 g/mol. The highest BCUT2D eigenvalue weighted by Crippen LogP contribution is 2.30. The Balaban J connectivity index is 1.99. The Morgan fingerprint density at radius 3 is 2.76 bits per heavy atom. The molecule has 0 saturated carbocycles. The molecule has 0 aliphatic carbocycles. The molecule has 5 nitrogen and oxygen atoms in total. The highest BCUT2D eigenvalue weighted by atomic mass is 35.5. The number of rotatable bonds is 2. The number of thiazole rings is 1. The zero-order valence-electron chi connectivity index (χ0n) is 10.1. The maximum Gasteiger partial charge on any atom is 0.435 e. The second-order valence-corrected chi connectivity index (χ2v) is 5.41. The van der Waals surface area contributed by atoms with E-state index >= 15 is 0 Å². The zero-order chi connectivity index (χ0) is 15.2. The molecule has 0 amide bonds. The molecule has 0 atom stereocenters. The number of aromatic nitrogens is 4. The van der Waals surface area contributed by atoms with Gasteiger partial charge in [0.25, 0.3) is 5.56 Å². The van der Waals surface area contributed by atoms with Gasteiger partial charge in [-0.05, 0) is 0 Å². The van der Waals surface area contributed by atoms with E-state index in [0.717, 1.165) is 10.7 Å². The van der Waals surface area contributed by atoms with Crippen molar-refractivity contribution in [1.82, 2.24) is 19.2 Å². The van der Waals surface area contributed by atoms with Crippen molar-refractivity contribution in [3.05, 3.63) is 50.6 Å². The third-order valence-corrected chi connectivity index (χ3v) is 3.75. The number of nitrogens with zero attached hydrogens (tertiary/aromatic N) is 4. The highest BCUT2D eigenvalue weighted by Gasteiger charge is 2.34. The van der Waals surface area contributed by atoms with E-state index in [1.54, 1.807) is 11.6 Å². The van der Waals surface area contributed by atoms with Gasteiger partial charge in [0.05, 0.1) is 12.2 Å². The molecule has 0 bridgehead atoms. The standard InChI is InChI=1S/C11H6ClF3N4OS/c12-8-4-7(11(13,14)15)17-19(8)5-6-3-9(20)18-1-2-21-10(18)16-6/h1-4H,5H2. The van der Waals surface area contributed by atoms with Gasteiger partial charge in [0.15, 0.2) is 10.7 Å². The maximum absolute atomic E-state index is 12.5. The van der Waals surface area contributed by atoms with E-state index in [9.17, 15) is 18.0 Å². The van der Waals surface area contributed by atoms with Crippen LogP contribution in [0.2, 0.25) is 5.15 Å². The summed E-state index contributed by atoms with van der Waals surface area (Å²) >= 11 is 6.98. The number of hydrogen-bond donors (Lipinski definition) is 0. The molecular weight excluding hydrogens is 329 g/mol. The molecule has 110 valence electrons. The normalized spacial score (nSPS) is 12.2. The minimum Gasteiger partial charge on any atom is -0.269 e. The van der Waals surface area contributed by atoms with Crippen molar-refractivity contribution in [2.24, 2.45) is 0 Å². The smallest absolute Gasteiger partial charge is 0.269 e. The van der Waals surface area contributed by atoms with Gasteiger partial charge in [-0.2, -0.15) is 18.3 Å². The molecule has 0 spiro atoms. The summed E-state index contributed by atoms with van der Waals surface area (Å²) < 4.78 is 39.9. The summed E-state index contributed by atoms with van der Waals surface area (Å²) in [6, 6.07) is 1.98. The van der Waals surface area contributed by atoms with Crippen LogP contribution < -0.4 is 5.56 Å². The van der Waals surface area contributed by atoms with Gasteiger partial charge in [-0.3, -0.25) is 9.20 Å². The molecule has 10 heteroatoms. The predicted octanol–water partition coefficient (Wildman–Crippen LogP) is 2.67. The van der Waals surface area contributed by atoms with Crippen LogP contribution >= 0.6 is 22.9 Å². The molecule has 0 aliphatic rings. The minimum absolute atomic E-state index is 0.113.